The lowest BCUT2D eigenvalue weighted by Gasteiger charge is -2.40. The van der Waals surface area contributed by atoms with E-state index in [1.165, 1.54) is 24.9 Å². The molecule has 10 heteroatoms. The van der Waals surface area contributed by atoms with Crippen LogP contribution in [0.15, 0.2) is 53.7 Å². The number of methoxy groups -OCH3 is 2. The summed E-state index contributed by atoms with van der Waals surface area (Å²) < 4.78 is 25.5. The lowest BCUT2D eigenvalue weighted by molar-refractivity contribution is -0.144. The Labute approximate surface area is 232 Å². The summed E-state index contributed by atoms with van der Waals surface area (Å²) in [5.74, 6) is -0.0117. The summed E-state index contributed by atoms with van der Waals surface area (Å²) in [5.41, 5.74) is 1.26. The lowest BCUT2D eigenvalue weighted by atomic mass is 9.92. The second-order valence-electron chi connectivity index (χ2n) is 9.55. The van der Waals surface area contributed by atoms with E-state index < -0.39 is 11.4 Å². The van der Waals surface area contributed by atoms with Crippen molar-refractivity contribution in [1.29, 1.82) is 0 Å². The third-order valence-corrected chi connectivity index (χ3v) is 7.73. The van der Waals surface area contributed by atoms with Crippen LogP contribution in [0.25, 0.3) is 0 Å². The SMILES string of the molecule is COc1ccc(NC(=O)C2(N(Cc3ccccc3F)C(=O)CSc3nc(C)cc(C)n3)CCCC2)c(OC)c1. The van der Waals surface area contributed by atoms with E-state index in [1.54, 1.807) is 48.4 Å². The molecule has 1 fully saturated rings. The van der Waals surface area contributed by atoms with Gasteiger partial charge in [0.15, 0.2) is 5.16 Å². The van der Waals surface area contributed by atoms with Crippen molar-refractivity contribution in [3.8, 4) is 11.5 Å². The molecule has 2 aromatic carbocycles. The van der Waals surface area contributed by atoms with Crippen LogP contribution in [0.3, 0.4) is 0 Å². The molecule has 0 atom stereocenters. The molecule has 0 aliphatic heterocycles. The third-order valence-electron chi connectivity index (χ3n) is 6.90. The largest absolute Gasteiger partial charge is 0.497 e. The molecule has 3 aromatic rings. The molecule has 1 heterocycles. The van der Waals surface area contributed by atoms with Gasteiger partial charge in [0.1, 0.15) is 22.9 Å². The summed E-state index contributed by atoms with van der Waals surface area (Å²) in [6, 6.07) is 13.3. The van der Waals surface area contributed by atoms with Gasteiger partial charge in [-0.05, 0) is 51.0 Å². The molecule has 1 aromatic heterocycles. The highest BCUT2D eigenvalue weighted by atomic mass is 32.2. The summed E-state index contributed by atoms with van der Waals surface area (Å²) in [7, 11) is 3.06. The highest BCUT2D eigenvalue weighted by Crippen LogP contribution is 2.39. The Kier molecular flexibility index (Phi) is 9.06. The maximum absolute atomic E-state index is 14.8. The van der Waals surface area contributed by atoms with Gasteiger partial charge in [-0.1, -0.05) is 42.8 Å². The van der Waals surface area contributed by atoms with E-state index in [9.17, 15) is 14.0 Å². The van der Waals surface area contributed by atoms with Crippen LogP contribution < -0.4 is 14.8 Å². The standard InChI is InChI=1S/C29H33FN4O4S/c1-19-15-20(2)32-28(31-19)39-18-26(35)34(17-21-9-5-6-10-23(21)30)29(13-7-8-14-29)27(36)33-24-12-11-22(37-3)16-25(24)38-4/h5-6,9-12,15-16H,7-8,13-14,17-18H2,1-4H3,(H,33,36). The number of carbonyl (C=O) groups excluding carboxylic acids is 2. The quantitative estimate of drug-likeness (QED) is 0.269. The Bertz CT molecular complexity index is 1330. The van der Waals surface area contributed by atoms with E-state index in [0.717, 1.165) is 24.2 Å². The number of amides is 2. The Morgan fingerprint density at radius 3 is 2.36 bits per heavy atom. The molecule has 1 aliphatic carbocycles. The minimum atomic E-state index is -1.16. The predicted octanol–water partition coefficient (Wildman–Crippen LogP) is 5.32. The number of aromatic nitrogens is 2. The van der Waals surface area contributed by atoms with Gasteiger partial charge < -0.3 is 19.7 Å². The van der Waals surface area contributed by atoms with Crippen molar-refractivity contribution in [2.24, 2.45) is 0 Å². The second kappa shape index (κ2) is 12.5. The molecule has 1 saturated carbocycles. The van der Waals surface area contributed by atoms with E-state index in [1.807, 2.05) is 19.9 Å². The summed E-state index contributed by atoms with van der Waals surface area (Å²) in [6.45, 7) is 3.71. The third kappa shape index (κ3) is 6.50. The average molecular weight is 553 g/mol. The number of carbonyl (C=O) groups is 2. The van der Waals surface area contributed by atoms with Crippen molar-refractivity contribution in [2.45, 2.75) is 56.8 Å². The van der Waals surface area contributed by atoms with Gasteiger partial charge in [-0.3, -0.25) is 9.59 Å². The normalized spacial score (nSPS) is 14.1. The number of aryl methyl sites for hydroxylation is 2. The number of nitrogens with zero attached hydrogens (tertiary/aromatic N) is 3. The van der Waals surface area contributed by atoms with Gasteiger partial charge in [0.2, 0.25) is 11.8 Å². The fourth-order valence-corrected chi connectivity index (χ4v) is 5.78. The fourth-order valence-electron chi connectivity index (χ4n) is 4.96. The monoisotopic (exact) mass is 552 g/mol. The zero-order valence-electron chi connectivity index (χ0n) is 22.6. The minimum absolute atomic E-state index is 0.0121. The fraction of sp³-hybridized carbons (Fsp3) is 0.379. The van der Waals surface area contributed by atoms with E-state index in [0.29, 0.717) is 40.7 Å². The molecule has 0 bridgehead atoms. The molecule has 8 nitrogen and oxygen atoms in total. The molecule has 2 amide bonds. The number of hydrogen-bond donors (Lipinski definition) is 1. The van der Waals surface area contributed by atoms with Crippen LogP contribution in [-0.4, -0.2) is 52.2 Å². The highest BCUT2D eigenvalue weighted by molar-refractivity contribution is 7.99. The smallest absolute Gasteiger partial charge is 0.250 e. The van der Waals surface area contributed by atoms with Crippen LogP contribution in [0, 0.1) is 19.7 Å². The van der Waals surface area contributed by atoms with Gasteiger partial charge in [-0.15, -0.1) is 0 Å². The average Bonchev–Trinajstić information content (AvgIpc) is 3.42. The van der Waals surface area contributed by atoms with Crippen LogP contribution in [0.4, 0.5) is 10.1 Å². The summed E-state index contributed by atoms with van der Waals surface area (Å²) in [6.07, 6.45) is 2.45. The van der Waals surface area contributed by atoms with Crippen molar-refractivity contribution in [2.75, 3.05) is 25.3 Å². The van der Waals surface area contributed by atoms with Crippen LogP contribution in [0.1, 0.15) is 42.6 Å². The Morgan fingerprint density at radius 2 is 1.72 bits per heavy atom. The van der Waals surface area contributed by atoms with Crippen LogP contribution in [0.2, 0.25) is 0 Å². The van der Waals surface area contributed by atoms with Gasteiger partial charge in [0.05, 0.1) is 25.7 Å². The zero-order valence-corrected chi connectivity index (χ0v) is 23.4. The summed E-state index contributed by atoms with van der Waals surface area (Å²) in [4.78, 5) is 38.3. The van der Waals surface area contributed by atoms with Crippen LogP contribution >= 0.6 is 11.8 Å². The first kappa shape index (κ1) is 28.4. The number of hydrogen-bond acceptors (Lipinski definition) is 7. The predicted molar refractivity (Wildman–Crippen MR) is 149 cm³/mol. The first-order chi connectivity index (χ1) is 18.8. The summed E-state index contributed by atoms with van der Waals surface area (Å²) in [5, 5.41) is 3.47. The van der Waals surface area contributed by atoms with Crippen LogP contribution in [-0.2, 0) is 16.1 Å². The number of ether oxygens (including phenoxy) is 2. The van der Waals surface area contributed by atoms with Crippen molar-refractivity contribution >= 4 is 29.3 Å². The molecule has 39 heavy (non-hydrogen) atoms. The maximum atomic E-state index is 14.8. The summed E-state index contributed by atoms with van der Waals surface area (Å²) >= 11 is 1.21. The lowest BCUT2D eigenvalue weighted by Crippen LogP contribution is -2.57. The van der Waals surface area contributed by atoms with Gasteiger partial charge in [-0.2, -0.15) is 0 Å². The number of halogens is 1. The number of thioether (sulfide) groups is 1. The second-order valence-corrected chi connectivity index (χ2v) is 10.5. The van der Waals surface area contributed by atoms with Crippen molar-refractivity contribution in [3.05, 3.63) is 71.3 Å². The number of rotatable bonds is 10. The molecule has 0 saturated heterocycles. The maximum Gasteiger partial charge on any atom is 0.250 e. The molecule has 1 aliphatic rings. The van der Waals surface area contributed by atoms with Gasteiger partial charge >= 0.3 is 0 Å². The van der Waals surface area contributed by atoms with E-state index >= 15 is 0 Å². The highest BCUT2D eigenvalue weighted by Gasteiger charge is 2.48. The zero-order chi connectivity index (χ0) is 28.0. The Hall–Kier alpha value is -3.66. The molecule has 1 N–H and O–H groups in total. The van der Waals surface area contributed by atoms with E-state index in [4.69, 9.17) is 9.47 Å². The Balaban J connectivity index is 1.66. The first-order valence-electron chi connectivity index (χ1n) is 12.8. The van der Waals surface area contributed by atoms with Crippen molar-refractivity contribution < 1.29 is 23.5 Å². The van der Waals surface area contributed by atoms with Crippen molar-refractivity contribution in [1.82, 2.24) is 14.9 Å². The molecule has 0 spiro atoms. The topological polar surface area (TPSA) is 93.7 Å². The molecule has 0 unspecified atom stereocenters. The molecular formula is C29H33FN4O4S. The number of anilines is 1. The molecule has 4 rings (SSSR count). The van der Waals surface area contributed by atoms with E-state index in [-0.39, 0.29) is 24.1 Å². The molecule has 0 radical (unpaired) electrons. The number of nitrogens with one attached hydrogen (secondary N) is 1. The van der Waals surface area contributed by atoms with Gasteiger partial charge in [0, 0.05) is 29.6 Å². The minimum Gasteiger partial charge on any atom is -0.497 e. The van der Waals surface area contributed by atoms with Crippen molar-refractivity contribution in [3.63, 3.8) is 0 Å². The molecule has 206 valence electrons. The van der Waals surface area contributed by atoms with E-state index in [2.05, 4.69) is 15.3 Å². The van der Waals surface area contributed by atoms with Crippen LogP contribution in [0.5, 0.6) is 11.5 Å². The molecular weight excluding hydrogens is 519 g/mol. The number of benzene rings is 2. The first-order valence-corrected chi connectivity index (χ1v) is 13.8. The van der Waals surface area contributed by atoms with Gasteiger partial charge in [0.25, 0.3) is 0 Å². The van der Waals surface area contributed by atoms with Gasteiger partial charge in [-0.25, -0.2) is 14.4 Å². The Morgan fingerprint density at radius 1 is 1.03 bits per heavy atom.